The van der Waals surface area contributed by atoms with Crippen molar-refractivity contribution in [3.8, 4) is 0 Å². The Morgan fingerprint density at radius 1 is 1.16 bits per heavy atom. The number of allylic oxidation sites excluding steroid dienone is 3. The number of Topliss-reactive ketones (excluding diaryl/α,β-unsaturated/α-hetero) is 1. The molecule has 1 fully saturated rings. The first-order valence-corrected chi connectivity index (χ1v) is 6.87. The van der Waals surface area contributed by atoms with Crippen LogP contribution in [-0.2, 0) is 4.79 Å². The summed E-state index contributed by atoms with van der Waals surface area (Å²) in [5, 5.41) is 0. The van der Waals surface area contributed by atoms with Gasteiger partial charge in [0.05, 0.1) is 5.41 Å². The van der Waals surface area contributed by atoms with E-state index in [4.69, 9.17) is 0 Å². The SMILES string of the molecule is C=C1CC2(C)C(=O)C(C)(C)C1C=C2c1ccccc1. The Balaban J connectivity index is 2.22. The van der Waals surface area contributed by atoms with Crippen molar-refractivity contribution in [2.75, 3.05) is 0 Å². The van der Waals surface area contributed by atoms with Gasteiger partial charge >= 0.3 is 0 Å². The van der Waals surface area contributed by atoms with Gasteiger partial charge in [-0.2, -0.15) is 0 Å². The van der Waals surface area contributed by atoms with Crippen molar-refractivity contribution < 1.29 is 4.79 Å². The van der Waals surface area contributed by atoms with E-state index < -0.39 is 5.41 Å². The van der Waals surface area contributed by atoms with Crippen LogP contribution in [0.1, 0.15) is 32.8 Å². The summed E-state index contributed by atoms with van der Waals surface area (Å²) < 4.78 is 0. The first-order chi connectivity index (χ1) is 8.87. The Morgan fingerprint density at radius 2 is 1.79 bits per heavy atom. The highest BCUT2D eigenvalue weighted by molar-refractivity contribution is 6.05. The standard InChI is InChI=1S/C18H20O/c1-12-11-18(4)15(13-8-6-5-7-9-13)10-14(12)17(2,3)16(18)19/h5-10,14H,1,11H2,2-4H3. The molecule has 0 aliphatic heterocycles. The number of fused-ring (bicyclic) bond motifs is 2. The van der Waals surface area contributed by atoms with E-state index in [0.717, 1.165) is 6.42 Å². The Kier molecular flexibility index (Phi) is 2.41. The van der Waals surface area contributed by atoms with Crippen LogP contribution in [0.15, 0.2) is 48.6 Å². The quantitative estimate of drug-likeness (QED) is 0.682. The zero-order chi connectivity index (χ0) is 13.8. The van der Waals surface area contributed by atoms with Gasteiger partial charge in [-0.1, -0.05) is 62.4 Å². The molecule has 1 aromatic carbocycles. The van der Waals surface area contributed by atoms with E-state index in [2.05, 4.69) is 45.6 Å². The molecule has 2 unspecified atom stereocenters. The molecule has 4 rings (SSSR count). The number of carbonyl (C=O) groups is 1. The third-order valence-electron chi connectivity index (χ3n) is 4.90. The molecule has 0 aromatic heterocycles. The lowest BCUT2D eigenvalue weighted by Gasteiger charge is -2.52. The molecule has 0 heterocycles. The molecular formula is C18H20O. The van der Waals surface area contributed by atoms with E-state index in [1.807, 2.05) is 18.2 Å². The summed E-state index contributed by atoms with van der Waals surface area (Å²) in [6.45, 7) is 10.4. The van der Waals surface area contributed by atoms with Gasteiger partial charge in [0.15, 0.2) is 0 Å². The minimum absolute atomic E-state index is 0.178. The summed E-state index contributed by atoms with van der Waals surface area (Å²) in [7, 11) is 0. The molecular weight excluding hydrogens is 232 g/mol. The predicted octanol–water partition coefficient (Wildman–Crippen LogP) is 4.26. The molecule has 3 aliphatic rings. The fraction of sp³-hybridized carbons (Fsp3) is 0.389. The van der Waals surface area contributed by atoms with Crippen LogP contribution in [0, 0.1) is 16.7 Å². The molecule has 3 aliphatic carbocycles. The Labute approximate surface area is 115 Å². The van der Waals surface area contributed by atoms with E-state index in [-0.39, 0.29) is 11.3 Å². The Bertz CT molecular complexity index is 591. The zero-order valence-electron chi connectivity index (χ0n) is 11.9. The molecule has 1 nitrogen and oxygen atoms in total. The number of benzene rings is 1. The van der Waals surface area contributed by atoms with Gasteiger partial charge in [0, 0.05) is 11.3 Å². The molecule has 1 aromatic rings. The molecule has 98 valence electrons. The minimum atomic E-state index is -0.406. The van der Waals surface area contributed by atoms with Crippen LogP contribution in [0.25, 0.3) is 5.57 Å². The van der Waals surface area contributed by atoms with E-state index >= 15 is 0 Å². The normalized spacial score (nSPS) is 32.4. The zero-order valence-corrected chi connectivity index (χ0v) is 11.9. The van der Waals surface area contributed by atoms with Gasteiger partial charge in [-0.25, -0.2) is 0 Å². The highest BCUT2D eigenvalue weighted by atomic mass is 16.1. The van der Waals surface area contributed by atoms with Crippen LogP contribution in [0.2, 0.25) is 0 Å². The second kappa shape index (κ2) is 3.69. The molecule has 1 heteroatoms. The summed E-state index contributed by atoms with van der Waals surface area (Å²) in [6, 6.07) is 10.3. The average molecular weight is 252 g/mol. The van der Waals surface area contributed by atoms with E-state index in [1.54, 1.807) is 0 Å². The van der Waals surface area contributed by atoms with Crippen LogP contribution in [-0.4, -0.2) is 5.78 Å². The lowest BCUT2D eigenvalue weighted by molar-refractivity contribution is -0.138. The van der Waals surface area contributed by atoms with Crippen LogP contribution < -0.4 is 0 Å². The summed E-state index contributed by atoms with van der Waals surface area (Å²) in [5.74, 6) is 0.538. The first-order valence-electron chi connectivity index (χ1n) is 6.87. The lowest BCUT2D eigenvalue weighted by Crippen LogP contribution is -2.52. The summed E-state index contributed by atoms with van der Waals surface area (Å²) in [6.07, 6.45) is 3.07. The summed E-state index contributed by atoms with van der Waals surface area (Å²) in [5.41, 5.74) is 2.84. The van der Waals surface area contributed by atoms with E-state index in [9.17, 15) is 4.79 Å². The van der Waals surface area contributed by atoms with Gasteiger partial charge < -0.3 is 0 Å². The monoisotopic (exact) mass is 252 g/mol. The first kappa shape index (κ1) is 12.4. The number of hydrogen-bond acceptors (Lipinski definition) is 1. The topological polar surface area (TPSA) is 17.1 Å². The van der Waals surface area contributed by atoms with Crippen LogP contribution >= 0.6 is 0 Å². The summed E-state index contributed by atoms with van der Waals surface area (Å²) >= 11 is 0. The van der Waals surface area contributed by atoms with Crippen molar-refractivity contribution in [2.45, 2.75) is 27.2 Å². The van der Waals surface area contributed by atoms with Gasteiger partial charge in [-0.15, -0.1) is 0 Å². The second-order valence-corrected chi connectivity index (χ2v) is 6.64. The van der Waals surface area contributed by atoms with E-state index in [1.165, 1.54) is 16.7 Å². The van der Waals surface area contributed by atoms with Crippen molar-refractivity contribution in [1.82, 2.24) is 0 Å². The maximum absolute atomic E-state index is 12.9. The molecule has 19 heavy (non-hydrogen) atoms. The molecule has 0 amide bonds. The van der Waals surface area contributed by atoms with Crippen LogP contribution in [0.4, 0.5) is 0 Å². The van der Waals surface area contributed by atoms with Gasteiger partial charge in [0.25, 0.3) is 0 Å². The lowest BCUT2D eigenvalue weighted by atomic mass is 9.49. The molecule has 2 bridgehead atoms. The van der Waals surface area contributed by atoms with Gasteiger partial charge in [0.1, 0.15) is 5.78 Å². The maximum Gasteiger partial charge on any atom is 0.149 e. The van der Waals surface area contributed by atoms with Gasteiger partial charge in [-0.3, -0.25) is 4.79 Å². The minimum Gasteiger partial charge on any atom is -0.298 e. The molecule has 0 spiro atoms. The van der Waals surface area contributed by atoms with Crippen molar-refractivity contribution in [1.29, 1.82) is 0 Å². The second-order valence-electron chi connectivity index (χ2n) is 6.64. The third-order valence-corrected chi connectivity index (χ3v) is 4.90. The van der Waals surface area contributed by atoms with Gasteiger partial charge in [-0.05, 0) is 24.5 Å². The maximum atomic E-state index is 12.9. The smallest absolute Gasteiger partial charge is 0.149 e. The number of ketones is 1. The average Bonchev–Trinajstić information content (AvgIpc) is 2.37. The fourth-order valence-electron chi connectivity index (χ4n) is 3.93. The largest absolute Gasteiger partial charge is 0.298 e. The molecule has 0 saturated heterocycles. The van der Waals surface area contributed by atoms with Crippen molar-refractivity contribution in [2.24, 2.45) is 16.7 Å². The van der Waals surface area contributed by atoms with Crippen molar-refractivity contribution in [3.63, 3.8) is 0 Å². The molecule has 1 saturated carbocycles. The molecule has 0 radical (unpaired) electrons. The molecule has 0 N–H and O–H groups in total. The summed E-state index contributed by atoms with van der Waals surface area (Å²) in [4.78, 5) is 12.9. The highest BCUT2D eigenvalue weighted by Gasteiger charge is 2.56. The van der Waals surface area contributed by atoms with Crippen molar-refractivity contribution in [3.05, 3.63) is 54.1 Å². The third kappa shape index (κ3) is 1.51. The van der Waals surface area contributed by atoms with Crippen LogP contribution in [0.5, 0.6) is 0 Å². The fourth-order valence-corrected chi connectivity index (χ4v) is 3.93. The predicted molar refractivity (Wildman–Crippen MR) is 78.6 cm³/mol. The molecule has 2 atom stereocenters. The Morgan fingerprint density at radius 3 is 2.42 bits per heavy atom. The van der Waals surface area contributed by atoms with Crippen LogP contribution in [0.3, 0.4) is 0 Å². The highest BCUT2D eigenvalue weighted by Crippen LogP contribution is 2.59. The number of rotatable bonds is 1. The van der Waals surface area contributed by atoms with Gasteiger partial charge in [0.2, 0.25) is 0 Å². The van der Waals surface area contributed by atoms with Crippen molar-refractivity contribution >= 4 is 11.4 Å². The number of hydrogen-bond donors (Lipinski definition) is 0. The Hall–Kier alpha value is -1.63. The number of carbonyl (C=O) groups excluding carboxylic acids is 1. The van der Waals surface area contributed by atoms with E-state index in [0.29, 0.717) is 5.78 Å².